The maximum absolute atomic E-state index is 13.0. The van der Waals surface area contributed by atoms with E-state index in [2.05, 4.69) is 14.0 Å². The van der Waals surface area contributed by atoms with E-state index in [1.54, 1.807) is 0 Å². The van der Waals surface area contributed by atoms with Gasteiger partial charge in [0, 0.05) is 17.2 Å². The Bertz CT molecular complexity index is 1150. The third-order valence-corrected chi connectivity index (χ3v) is 5.27. The molecular formula is C16H12F6N2O5S. The normalized spacial score (nSPS) is 14.5. The average Bonchev–Trinajstić information content (AvgIpc) is 3.12. The third-order valence-electron chi connectivity index (χ3n) is 4.32. The SMILES string of the molecule is COc1cc(-n2nc(OS(=O)(=O)C(F)(F)F)c3c(c2=O)CCC3)ccc1C(F)(F)F. The van der Waals surface area contributed by atoms with E-state index in [-0.39, 0.29) is 29.7 Å². The van der Waals surface area contributed by atoms with Gasteiger partial charge in [-0.25, -0.2) is 0 Å². The van der Waals surface area contributed by atoms with E-state index in [0.29, 0.717) is 17.2 Å². The van der Waals surface area contributed by atoms with Gasteiger partial charge in [-0.3, -0.25) is 4.79 Å². The van der Waals surface area contributed by atoms with Crippen LogP contribution >= 0.6 is 0 Å². The van der Waals surface area contributed by atoms with Gasteiger partial charge in [-0.2, -0.15) is 39.4 Å². The third kappa shape index (κ3) is 3.82. The van der Waals surface area contributed by atoms with Gasteiger partial charge in [0.25, 0.3) is 11.4 Å². The Morgan fingerprint density at radius 3 is 2.27 bits per heavy atom. The van der Waals surface area contributed by atoms with E-state index < -0.39 is 44.6 Å². The largest absolute Gasteiger partial charge is 0.534 e. The maximum atomic E-state index is 13.0. The fraction of sp³-hybridized carbons (Fsp3) is 0.375. The maximum Gasteiger partial charge on any atom is 0.534 e. The predicted octanol–water partition coefficient (Wildman–Crippen LogP) is 2.98. The van der Waals surface area contributed by atoms with Crippen molar-refractivity contribution < 1.29 is 43.7 Å². The molecule has 1 aliphatic rings. The second-order valence-corrected chi connectivity index (χ2v) is 7.74. The molecule has 0 amide bonds. The molecular weight excluding hydrogens is 446 g/mol. The van der Waals surface area contributed by atoms with Crippen LogP contribution in [0.1, 0.15) is 23.1 Å². The summed E-state index contributed by atoms with van der Waals surface area (Å²) in [6.07, 6.45) is -4.28. The van der Waals surface area contributed by atoms with E-state index in [9.17, 15) is 39.6 Å². The van der Waals surface area contributed by atoms with Crippen molar-refractivity contribution >= 4 is 10.1 Å². The number of rotatable bonds is 4. The van der Waals surface area contributed by atoms with Crippen molar-refractivity contribution in [1.29, 1.82) is 0 Å². The van der Waals surface area contributed by atoms with Crippen LogP contribution in [-0.2, 0) is 29.1 Å². The fourth-order valence-electron chi connectivity index (χ4n) is 2.98. The van der Waals surface area contributed by atoms with Gasteiger partial charge in [0.2, 0.25) is 0 Å². The summed E-state index contributed by atoms with van der Waals surface area (Å²) in [6, 6.07) is 2.26. The molecule has 1 aliphatic carbocycles. The van der Waals surface area contributed by atoms with Gasteiger partial charge in [0.05, 0.1) is 18.4 Å². The van der Waals surface area contributed by atoms with Crippen LogP contribution in [0.5, 0.6) is 11.6 Å². The topological polar surface area (TPSA) is 87.5 Å². The lowest BCUT2D eigenvalue weighted by molar-refractivity contribution is -0.138. The van der Waals surface area contributed by atoms with Crippen LogP contribution in [0.2, 0.25) is 0 Å². The highest BCUT2D eigenvalue weighted by molar-refractivity contribution is 7.87. The Morgan fingerprint density at radius 1 is 1.07 bits per heavy atom. The summed E-state index contributed by atoms with van der Waals surface area (Å²) in [4.78, 5) is 12.7. The molecule has 0 aliphatic heterocycles. The molecule has 2 aromatic rings. The summed E-state index contributed by atoms with van der Waals surface area (Å²) >= 11 is 0. The number of aromatic nitrogens is 2. The lowest BCUT2D eigenvalue weighted by Gasteiger charge is -2.16. The molecule has 0 radical (unpaired) electrons. The van der Waals surface area contributed by atoms with E-state index in [1.807, 2.05) is 0 Å². The number of benzene rings is 1. The summed E-state index contributed by atoms with van der Waals surface area (Å²) in [5, 5.41) is 3.55. The monoisotopic (exact) mass is 458 g/mol. The molecule has 0 saturated carbocycles. The van der Waals surface area contributed by atoms with Crippen LogP contribution in [0.25, 0.3) is 5.69 Å². The van der Waals surface area contributed by atoms with Crippen LogP contribution in [0, 0.1) is 0 Å². The number of fused-ring (bicyclic) bond motifs is 1. The first-order valence-electron chi connectivity index (χ1n) is 8.17. The van der Waals surface area contributed by atoms with E-state index >= 15 is 0 Å². The van der Waals surface area contributed by atoms with E-state index in [1.165, 1.54) is 0 Å². The van der Waals surface area contributed by atoms with Crippen molar-refractivity contribution in [2.24, 2.45) is 0 Å². The molecule has 0 unspecified atom stereocenters. The number of hydrogen-bond donors (Lipinski definition) is 0. The lowest BCUT2D eigenvalue weighted by atomic mass is 10.1. The second-order valence-electron chi connectivity index (χ2n) is 6.20. The van der Waals surface area contributed by atoms with Gasteiger partial charge in [-0.15, -0.1) is 5.10 Å². The Hall–Kier alpha value is -2.77. The highest BCUT2D eigenvalue weighted by atomic mass is 32.2. The Labute approximate surface area is 165 Å². The molecule has 0 fully saturated rings. The number of hydrogen-bond acceptors (Lipinski definition) is 6. The van der Waals surface area contributed by atoms with Crippen molar-refractivity contribution in [3.63, 3.8) is 0 Å². The van der Waals surface area contributed by atoms with Crippen LogP contribution in [-0.4, -0.2) is 30.8 Å². The minimum absolute atomic E-state index is 0.0313. The first kappa shape index (κ1) is 21.9. The molecule has 0 N–H and O–H groups in total. The van der Waals surface area contributed by atoms with Gasteiger partial charge in [-0.05, 0) is 31.4 Å². The molecule has 0 bridgehead atoms. The highest BCUT2D eigenvalue weighted by Crippen LogP contribution is 2.37. The lowest BCUT2D eigenvalue weighted by Crippen LogP contribution is -2.31. The molecule has 1 heterocycles. The van der Waals surface area contributed by atoms with Crippen LogP contribution in [0.3, 0.4) is 0 Å². The Kier molecular flexibility index (Phi) is 5.25. The fourth-order valence-corrected chi connectivity index (χ4v) is 3.42. The first-order valence-corrected chi connectivity index (χ1v) is 9.58. The molecule has 0 saturated heterocycles. The molecule has 7 nitrogen and oxygen atoms in total. The summed E-state index contributed by atoms with van der Waals surface area (Å²) < 4.78 is 109. The summed E-state index contributed by atoms with van der Waals surface area (Å²) in [5.74, 6) is -1.63. The van der Waals surface area contributed by atoms with Gasteiger partial charge in [-0.1, -0.05) is 0 Å². The minimum Gasteiger partial charge on any atom is -0.496 e. The Morgan fingerprint density at radius 2 is 1.70 bits per heavy atom. The van der Waals surface area contributed by atoms with Crippen LogP contribution in [0.4, 0.5) is 26.3 Å². The molecule has 1 aromatic carbocycles. The molecule has 0 atom stereocenters. The number of ether oxygens (including phenoxy) is 1. The minimum atomic E-state index is -6.07. The van der Waals surface area contributed by atoms with Gasteiger partial charge in [0.15, 0.2) is 0 Å². The molecule has 164 valence electrons. The van der Waals surface area contributed by atoms with Crippen LogP contribution in [0.15, 0.2) is 23.0 Å². The molecule has 3 rings (SSSR count). The number of alkyl halides is 6. The van der Waals surface area contributed by atoms with Gasteiger partial charge >= 0.3 is 21.8 Å². The zero-order valence-electron chi connectivity index (χ0n) is 15.0. The molecule has 0 spiro atoms. The van der Waals surface area contributed by atoms with Gasteiger partial charge < -0.3 is 8.92 Å². The number of nitrogens with zero attached hydrogens (tertiary/aromatic N) is 2. The quantitative estimate of drug-likeness (QED) is 0.398. The smallest absolute Gasteiger partial charge is 0.496 e. The van der Waals surface area contributed by atoms with E-state index in [4.69, 9.17) is 0 Å². The predicted molar refractivity (Wildman–Crippen MR) is 89.0 cm³/mol. The van der Waals surface area contributed by atoms with E-state index in [0.717, 1.165) is 19.2 Å². The van der Waals surface area contributed by atoms with Crippen molar-refractivity contribution in [2.75, 3.05) is 7.11 Å². The first-order chi connectivity index (χ1) is 13.8. The van der Waals surface area contributed by atoms with Crippen molar-refractivity contribution in [3.05, 3.63) is 45.2 Å². The summed E-state index contributed by atoms with van der Waals surface area (Å²) in [5.41, 5.74) is -8.12. The molecule has 14 heteroatoms. The van der Waals surface area contributed by atoms with Crippen molar-refractivity contribution in [1.82, 2.24) is 9.78 Å². The number of methoxy groups -OCH3 is 1. The highest BCUT2D eigenvalue weighted by Gasteiger charge is 2.49. The van der Waals surface area contributed by atoms with Crippen molar-refractivity contribution in [3.8, 4) is 17.3 Å². The summed E-state index contributed by atoms with van der Waals surface area (Å²) in [7, 11) is -5.12. The second kappa shape index (κ2) is 7.18. The Balaban J connectivity index is 2.19. The molecule has 30 heavy (non-hydrogen) atoms. The zero-order valence-corrected chi connectivity index (χ0v) is 15.8. The summed E-state index contributed by atoms with van der Waals surface area (Å²) in [6.45, 7) is 0. The molecule has 1 aromatic heterocycles. The van der Waals surface area contributed by atoms with Crippen molar-refractivity contribution in [2.45, 2.75) is 30.9 Å². The standard InChI is InChI=1S/C16H12F6N2O5S/c1-28-12-7-8(5-6-11(12)15(17,18)19)24-14(25)10-4-2-3-9(10)13(23-24)29-30(26,27)16(20,21)22/h5-7H,2-4H2,1H3. The van der Waals surface area contributed by atoms with Crippen LogP contribution < -0.4 is 14.5 Å². The van der Waals surface area contributed by atoms with Gasteiger partial charge in [0.1, 0.15) is 5.75 Å². The number of halogens is 6. The zero-order chi connectivity index (χ0) is 22.5. The average molecular weight is 458 g/mol.